The van der Waals surface area contributed by atoms with Crippen LogP contribution in [0.3, 0.4) is 0 Å². The van der Waals surface area contributed by atoms with Gasteiger partial charge in [-0.1, -0.05) is 0 Å². The molecule has 6 heteroatoms. The average Bonchev–Trinajstić information content (AvgIpc) is 2.94. The van der Waals surface area contributed by atoms with Gasteiger partial charge in [0.15, 0.2) is 0 Å². The van der Waals surface area contributed by atoms with E-state index in [1.165, 1.54) is 0 Å². The molecule has 0 saturated carbocycles. The summed E-state index contributed by atoms with van der Waals surface area (Å²) in [4.78, 5) is 0. The zero-order valence-corrected chi connectivity index (χ0v) is 17.9. The van der Waals surface area contributed by atoms with Gasteiger partial charge in [-0.15, -0.1) is 0 Å². The van der Waals surface area contributed by atoms with Crippen LogP contribution in [0.5, 0.6) is 0 Å². The van der Waals surface area contributed by atoms with Crippen molar-refractivity contribution in [1.82, 2.24) is 8.80 Å². The van der Waals surface area contributed by atoms with Gasteiger partial charge in [-0.2, -0.15) is 0 Å². The number of nitrogens with zero attached hydrogens (tertiary/aromatic N) is 1. The Kier molecular flexibility index (Phi) is 4.88. The SMILES string of the molecule is CC1(C)CNS(=O)(=O)N1[PH](c1ccccc1)(c1ccccc1)c1ccccc1. The van der Waals surface area contributed by atoms with Crippen LogP contribution in [0.25, 0.3) is 0 Å². The standard InChI is InChI=1S/C22H25N2O2PS/c1-22(2)18-23-28(25,26)24(22)27(19-12-6-3-7-13-19,20-14-8-4-9-15-20)21-16-10-5-11-17-21/h3-17,23,27H,18H2,1-2H3. The average molecular weight is 412 g/mol. The van der Waals surface area contributed by atoms with Gasteiger partial charge in [0.2, 0.25) is 0 Å². The first kappa shape index (κ1) is 19.3. The predicted octanol–water partition coefficient (Wildman–Crippen LogP) is 2.56. The maximum absolute atomic E-state index is 13.4. The summed E-state index contributed by atoms with van der Waals surface area (Å²) in [5.41, 5.74) is -0.563. The van der Waals surface area contributed by atoms with E-state index in [0.29, 0.717) is 6.54 Å². The van der Waals surface area contributed by atoms with E-state index < -0.39 is 23.2 Å². The first-order chi connectivity index (χ1) is 13.4. The summed E-state index contributed by atoms with van der Waals surface area (Å²) in [6, 6.07) is 30.3. The molecule has 0 spiro atoms. The zero-order chi connectivity index (χ0) is 19.8. The second-order valence-electron chi connectivity index (χ2n) is 7.71. The quantitative estimate of drug-likeness (QED) is 0.670. The molecule has 0 aromatic heterocycles. The van der Waals surface area contributed by atoms with Crippen LogP contribution in [-0.4, -0.2) is 24.6 Å². The number of benzene rings is 3. The third kappa shape index (κ3) is 2.99. The van der Waals surface area contributed by atoms with Crippen molar-refractivity contribution in [1.29, 1.82) is 0 Å². The van der Waals surface area contributed by atoms with Gasteiger partial charge in [0.1, 0.15) is 0 Å². The van der Waals surface area contributed by atoms with E-state index >= 15 is 0 Å². The third-order valence-corrected chi connectivity index (χ3v) is 13.1. The Morgan fingerprint density at radius 3 is 1.39 bits per heavy atom. The summed E-state index contributed by atoms with van der Waals surface area (Å²) in [6.45, 7) is 4.39. The molecule has 0 amide bonds. The minimum atomic E-state index is -3.65. The van der Waals surface area contributed by atoms with Crippen molar-refractivity contribution in [3.8, 4) is 0 Å². The van der Waals surface area contributed by atoms with Crippen molar-refractivity contribution in [2.75, 3.05) is 6.54 Å². The van der Waals surface area contributed by atoms with Crippen molar-refractivity contribution in [3.63, 3.8) is 0 Å². The molecule has 1 N–H and O–H groups in total. The van der Waals surface area contributed by atoms with E-state index in [1.54, 1.807) is 4.08 Å². The van der Waals surface area contributed by atoms with Crippen LogP contribution in [0.15, 0.2) is 91.0 Å². The van der Waals surface area contributed by atoms with E-state index in [2.05, 4.69) is 41.1 Å². The fourth-order valence-electron chi connectivity index (χ4n) is 4.25. The van der Waals surface area contributed by atoms with E-state index in [-0.39, 0.29) is 0 Å². The van der Waals surface area contributed by atoms with Gasteiger partial charge < -0.3 is 0 Å². The van der Waals surface area contributed by atoms with Gasteiger partial charge in [-0.3, -0.25) is 0 Å². The molecule has 0 atom stereocenters. The molecule has 3 aromatic carbocycles. The van der Waals surface area contributed by atoms with Crippen LogP contribution < -0.4 is 20.6 Å². The second-order valence-corrected chi connectivity index (χ2v) is 13.2. The van der Waals surface area contributed by atoms with Gasteiger partial charge in [-0.25, -0.2) is 0 Å². The summed E-state index contributed by atoms with van der Waals surface area (Å²) in [6.07, 6.45) is 0. The topological polar surface area (TPSA) is 49.4 Å². The van der Waals surface area contributed by atoms with E-state index in [9.17, 15) is 8.42 Å². The third-order valence-electron chi connectivity index (χ3n) is 5.36. The fourth-order valence-corrected chi connectivity index (χ4v) is 12.9. The summed E-state index contributed by atoms with van der Waals surface area (Å²) < 4.78 is 31.4. The Hall–Kier alpha value is -2.04. The maximum atomic E-state index is 13.4. The van der Waals surface area contributed by atoms with Crippen LogP contribution in [0, 0.1) is 0 Å². The summed E-state index contributed by atoms with van der Waals surface area (Å²) in [7, 11) is -6.73. The molecule has 1 saturated heterocycles. The Labute approximate surface area is 167 Å². The molecular formula is C22H25N2O2PS. The molecule has 28 heavy (non-hydrogen) atoms. The Morgan fingerprint density at radius 1 is 0.750 bits per heavy atom. The van der Waals surface area contributed by atoms with Crippen LogP contribution in [0.1, 0.15) is 13.8 Å². The minimum absolute atomic E-state index is 0.386. The monoisotopic (exact) mass is 412 g/mol. The van der Waals surface area contributed by atoms with Crippen LogP contribution >= 0.6 is 7.41 Å². The van der Waals surface area contributed by atoms with Crippen molar-refractivity contribution in [2.24, 2.45) is 0 Å². The van der Waals surface area contributed by atoms with Gasteiger partial charge in [0, 0.05) is 0 Å². The molecule has 1 aliphatic heterocycles. The van der Waals surface area contributed by atoms with E-state index in [0.717, 1.165) is 15.9 Å². The molecule has 0 aliphatic carbocycles. The van der Waals surface area contributed by atoms with Gasteiger partial charge in [-0.05, 0) is 0 Å². The number of hydrogen-bond acceptors (Lipinski definition) is 2. The van der Waals surface area contributed by atoms with Gasteiger partial charge >= 0.3 is 168 Å². The van der Waals surface area contributed by atoms with Crippen molar-refractivity contribution in [2.45, 2.75) is 19.4 Å². The summed E-state index contributed by atoms with van der Waals surface area (Å²) in [5, 5.41) is 3.15. The zero-order valence-electron chi connectivity index (χ0n) is 16.0. The summed E-state index contributed by atoms with van der Waals surface area (Å²) in [5.74, 6) is 0. The number of nitrogens with one attached hydrogen (secondary N) is 1. The molecule has 0 unspecified atom stereocenters. The molecule has 4 rings (SSSR count). The fraction of sp³-hybridized carbons (Fsp3) is 0.182. The Balaban J connectivity index is 2.17. The van der Waals surface area contributed by atoms with Crippen molar-refractivity contribution in [3.05, 3.63) is 91.0 Å². The molecule has 146 valence electrons. The van der Waals surface area contributed by atoms with E-state index in [1.807, 2.05) is 68.4 Å². The first-order valence-electron chi connectivity index (χ1n) is 9.36. The molecule has 4 nitrogen and oxygen atoms in total. The molecule has 0 radical (unpaired) electrons. The molecular weight excluding hydrogens is 387 g/mol. The van der Waals surface area contributed by atoms with Crippen molar-refractivity contribution >= 4 is 33.5 Å². The predicted molar refractivity (Wildman–Crippen MR) is 119 cm³/mol. The van der Waals surface area contributed by atoms with Crippen molar-refractivity contribution < 1.29 is 8.42 Å². The van der Waals surface area contributed by atoms with Gasteiger partial charge in [0.05, 0.1) is 0 Å². The molecule has 1 heterocycles. The van der Waals surface area contributed by atoms with Gasteiger partial charge in [0.25, 0.3) is 0 Å². The molecule has 1 fully saturated rings. The Morgan fingerprint density at radius 2 is 1.11 bits per heavy atom. The molecule has 1 aliphatic rings. The van der Waals surface area contributed by atoms with Crippen LogP contribution in [-0.2, 0) is 10.2 Å². The summed E-state index contributed by atoms with van der Waals surface area (Å²) >= 11 is 0. The van der Waals surface area contributed by atoms with E-state index in [4.69, 9.17) is 0 Å². The second kappa shape index (κ2) is 7.09. The van der Waals surface area contributed by atoms with Crippen LogP contribution in [0.4, 0.5) is 0 Å². The normalized spacial score (nSPS) is 19.4. The number of rotatable bonds is 4. The van der Waals surface area contributed by atoms with Crippen LogP contribution in [0.2, 0.25) is 0 Å². The first-order valence-corrected chi connectivity index (χ1v) is 12.7. The molecule has 3 aromatic rings. The number of hydrogen-bond donors (Lipinski definition) is 1. The molecule has 0 bridgehead atoms. The Bertz CT molecular complexity index is 959.